The van der Waals surface area contributed by atoms with Crippen molar-refractivity contribution >= 4 is 11.0 Å². The molecule has 2 N–H and O–H groups in total. The second-order valence-electron chi connectivity index (χ2n) is 8.44. The Kier molecular flexibility index (Phi) is 6.22. The number of para-hydroxylation sites is 1. The molecule has 0 bridgehead atoms. The van der Waals surface area contributed by atoms with Gasteiger partial charge < -0.3 is 19.4 Å². The number of aromatic hydroxyl groups is 2. The maximum absolute atomic E-state index is 12.3. The fourth-order valence-corrected chi connectivity index (χ4v) is 4.22. The summed E-state index contributed by atoms with van der Waals surface area (Å²) in [5.41, 5.74) is 4.38. The molecule has 5 aromatic rings. The van der Waals surface area contributed by atoms with E-state index in [4.69, 9.17) is 9.15 Å². The normalized spacial score (nSPS) is 14.3. The second kappa shape index (κ2) is 9.77. The predicted octanol–water partition coefficient (Wildman–Crippen LogP) is 6.28. The molecule has 1 aromatic heterocycles. The first-order valence-corrected chi connectivity index (χ1v) is 11.4. The molecule has 2 heterocycles. The zero-order valence-corrected chi connectivity index (χ0v) is 18.9. The van der Waals surface area contributed by atoms with Crippen LogP contribution < -0.4 is 10.2 Å². The van der Waals surface area contributed by atoms with Crippen LogP contribution in [0.15, 0.2) is 113 Å². The minimum Gasteiger partial charge on any atom is -0.508 e. The molecular weight excluding hydrogens is 440 g/mol. The maximum Gasteiger partial charge on any atom is 0.200 e. The highest BCUT2D eigenvalue weighted by molar-refractivity contribution is 5.81. The third-order valence-electron chi connectivity index (χ3n) is 6.09. The van der Waals surface area contributed by atoms with Crippen LogP contribution in [0.3, 0.4) is 0 Å². The molecule has 0 aliphatic carbocycles. The van der Waals surface area contributed by atoms with Gasteiger partial charge in [0.1, 0.15) is 29.1 Å². The van der Waals surface area contributed by atoms with Crippen LogP contribution in [0.4, 0.5) is 0 Å². The van der Waals surface area contributed by atoms with Crippen LogP contribution in [0.1, 0.15) is 17.0 Å². The van der Waals surface area contributed by atoms with Crippen molar-refractivity contribution < 1.29 is 19.4 Å². The molecule has 1 atom stereocenters. The Hall–Kier alpha value is -4.51. The summed E-state index contributed by atoms with van der Waals surface area (Å²) >= 11 is 0. The highest BCUT2D eigenvalue weighted by Gasteiger charge is 2.21. The Balaban J connectivity index is 0.000000145. The lowest BCUT2D eigenvalue weighted by Crippen LogP contribution is -2.18. The standard InChI is InChI=1S/C15H14O3.C15H10O2/c16-13-4-1-10(2-5-13)12-7-11-3-6-14(17)8-15(11)18-9-12;16-15-12-8-4-5-9-14(12)17-10-13(15)11-6-2-1-3-7-11/h1-6,8,12,16-17H,7,9H2;1-10H/t12-;/m1./s1. The van der Waals surface area contributed by atoms with Gasteiger partial charge in [-0.3, -0.25) is 4.79 Å². The van der Waals surface area contributed by atoms with Gasteiger partial charge in [0, 0.05) is 12.0 Å². The van der Waals surface area contributed by atoms with Gasteiger partial charge in [-0.05, 0) is 53.4 Å². The van der Waals surface area contributed by atoms with Gasteiger partial charge >= 0.3 is 0 Å². The van der Waals surface area contributed by atoms with Crippen LogP contribution in [-0.4, -0.2) is 16.8 Å². The van der Waals surface area contributed by atoms with E-state index >= 15 is 0 Å². The number of hydrogen-bond acceptors (Lipinski definition) is 5. The van der Waals surface area contributed by atoms with Crippen LogP contribution in [0.5, 0.6) is 17.2 Å². The summed E-state index contributed by atoms with van der Waals surface area (Å²) in [4.78, 5) is 12.3. The minimum absolute atomic E-state index is 0.0121. The fraction of sp³-hybridized carbons (Fsp3) is 0.100. The number of phenols is 2. The highest BCUT2D eigenvalue weighted by atomic mass is 16.5. The molecule has 0 amide bonds. The Morgan fingerprint density at radius 1 is 0.771 bits per heavy atom. The molecule has 0 spiro atoms. The van der Waals surface area contributed by atoms with Crippen molar-refractivity contribution in [3.05, 3.63) is 125 Å². The molecule has 1 aliphatic heterocycles. The van der Waals surface area contributed by atoms with Gasteiger partial charge in [0.15, 0.2) is 5.43 Å². The molecule has 4 aromatic carbocycles. The number of rotatable bonds is 2. The van der Waals surface area contributed by atoms with Gasteiger partial charge in [-0.25, -0.2) is 0 Å². The van der Waals surface area contributed by atoms with Crippen LogP contribution in [-0.2, 0) is 6.42 Å². The van der Waals surface area contributed by atoms with Crippen LogP contribution in [0.25, 0.3) is 22.1 Å². The van der Waals surface area contributed by atoms with Crippen molar-refractivity contribution in [1.29, 1.82) is 0 Å². The van der Waals surface area contributed by atoms with Crippen LogP contribution in [0, 0.1) is 0 Å². The van der Waals surface area contributed by atoms with E-state index in [0.29, 0.717) is 29.1 Å². The molecule has 5 heteroatoms. The van der Waals surface area contributed by atoms with Gasteiger partial charge in [0.05, 0.1) is 17.6 Å². The highest BCUT2D eigenvalue weighted by Crippen LogP contribution is 2.34. The monoisotopic (exact) mass is 464 g/mol. The molecular formula is C30H24O5. The minimum atomic E-state index is 0.0121. The number of phenolic OH excluding ortho intramolecular Hbond substituents is 2. The third kappa shape index (κ3) is 4.89. The largest absolute Gasteiger partial charge is 0.508 e. The van der Waals surface area contributed by atoms with Gasteiger partial charge in [0.25, 0.3) is 0 Å². The molecule has 35 heavy (non-hydrogen) atoms. The first kappa shape index (κ1) is 22.3. The zero-order valence-electron chi connectivity index (χ0n) is 18.9. The average Bonchev–Trinajstić information content (AvgIpc) is 2.90. The molecule has 0 saturated heterocycles. The molecule has 5 nitrogen and oxygen atoms in total. The summed E-state index contributed by atoms with van der Waals surface area (Å²) < 4.78 is 11.2. The van der Waals surface area contributed by atoms with Crippen LogP contribution in [0.2, 0.25) is 0 Å². The summed E-state index contributed by atoms with van der Waals surface area (Å²) in [6.07, 6.45) is 2.42. The van der Waals surface area contributed by atoms with E-state index in [9.17, 15) is 15.0 Å². The summed E-state index contributed by atoms with van der Waals surface area (Å²) in [6.45, 7) is 0.598. The summed E-state index contributed by atoms with van der Waals surface area (Å²) in [6, 6.07) is 29.3. The smallest absolute Gasteiger partial charge is 0.200 e. The molecule has 0 saturated carbocycles. The number of ether oxygens (including phenoxy) is 1. The van der Waals surface area contributed by atoms with Crippen molar-refractivity contribution in [2.75, 3.05) is 6.61 Å². The Morgan fingerprint density at radius 3 is 2.29 bits per heavy atom. The predicted molar refractivity (Wildman–Crippen MR) is 136 cm³/mol. The number of hydrogen-bond donors (Lipinski definition) is 2. The molecule has 1 aliphatic rings. The second-order valence-corrected chi connectivity index (χ2v) is 8.44. The van der Waals surface area contributed by atoms with E-state index in [0.717, 1.165) is 28.9 Å². The molecule has 0 unspecified atom stereocenters. The van der Waals surface area contributed by atoms with E-state index < -0.39 is 0 Å². The van der Waals surface area contributed by atoms with Gasteiger partial charge in [0.2, 0.25) is 0 Å². The number of benzene rings is 4. The first-order valence-electron chi connectivity index (χ1n) is 11.4. The van der Waals surface area contributed by atoms with Crippen molar-refractivity contribution in [2.45, 2.75) is 12.3 Å². The van der Waals surface area contributed by atoms with Crippen molar-refractivity contribution in [3.63, 3.8) is 0 Å². The summed E-state index contributed by atoms with van der Waals surface area (Å²) in [7, 11) is 0. The van der Waals surface area contributed by atoms with E-state index in [1.54, 1.807) is 36.4 Å². The lowest BCUT2D eigenvalue weighted by Gasteiger charge is -2.25. The SMILES string of the molecule is O=c1c(-c2ccccc2)coc2ccccc12.Oc1ccc([C@H]2COc3cc(O)ccc3C2)cc1. The lowest BCUT2D eigenvalue weighted by molar-refractivity contribution is 0.261. The van der Waals surface area contributed by atoms with Gasteiger partial charge in [-0.2, -0.15) is 0 Å². The maximum atomic E-state index is 12.3. The Labute approximate surface area is 202 Å². The van der Waals surface area contributed by atoms with Crippen molar-refractivity contribution in [3.8, 4) is 28.4 Å². The van der Waals surface area contributed by atoms with E-state index in [2.05, 4.69) is 0 Å². The summed E-state index contributed by atoms with van der Waals surface area (Å²) in [5, 5.41) is 19.3. The fourth-order valence-electron chi connectivity index (χ4n) is 4.22. The molecule has 0 radical (unpaired) electrons. The summed E-state index contributed by atoms with van der Waals surface area (Å²) in [5.74, 6) is 1.57. The Bertz CT molecular complexity index is 1500. The van der Waals surface area contributed by atoms with E-state index in [1.807, 2.05) is 60.7 Å². The zero-order chi connectivity index (χ0) is 24.2. The first-order chi connectivity index (χ1) is 17.1. The molecule has 174 valence electrons. The van der Waals surface area contributed by atoms with Crippen molar-refractivity contribution in [1.82, 2.24) is 0 Å². The molecule has 0 fully saturated rings. The van der Waals surface area contributed by atoms with E-state index in [-0.39, 0.29) is 16.9 Å². The lowest BCUT2D eigenvalue weighted by atomic mass is 9.90. The van der Waals surface area contributed by atoms with E-state index in [1.165, 1.54) is 6.26 Å². The Morgan fingerprint density at radius 2 is 1.49 bits per heavy atom. The van der Waals surface area contributed by atoms with Crippen LogP contribution >= 0.6 is 0 Å². The average molecular weight is 465 g/mol. The van der Waals surface area contributed by atoms with Gasteiger partial charge in [-0.1, -0.05) is 60.7 Å². The third-order valence-corrected chi connectivity index (χ3v) is 6.09. The quantitative estimate of drug-likeness (QED) is 0.322. The number of fused-ring (bicyclic) bond motifs is 2. The molecule has 6 rings (SSSR count). The van der Waals surface area contributed by atoms with Gasteiger partial charge in [-0.15, -0.1) is 0 Å². The van der Waals surface area contributed by atoms with Crippen molar-refractivity contribution in [2.24, 2.45) is 0 Å². The topological polar surface area (TPSA) is 79.9 Å².